The van der Waals surface area contributed by atoms with E-state index in [9.17, 15) is 0 Å². The van der Waals surface area contributed by atoms with Crippen molar-refractivity contribution in [1.82, 2.24) is 9.88 Å². The number of nitrogens with zero attached hydrogens (tertiary/aromatic N) is 2. The lowest BCUT2D eigenvalue weighted by Gasteiger charge is -2.02. The summed E-state index contributed by atoms with van der Waals surface area (Å²) in [6.07, 6.45) is 4.70. The molecule has 20 heavy (non-hydrogen) atoms. The highest BCUT2D eigenvalue weighted by atomic mass is 35.5. The monoisotopic (exact) mass is 290 g/mol. The summed E-state index contributed by atoms with van der Waals surface area (Å²) in [5.41, 5.74) is 8.11. The summed E-state index contributed by atoms with van der Waals surface area (Å²) in [6.45, 7) is 4.90. The maximum Gasteiger partial charge on any atom is 0.188 e. The number of aryl methyl sites for hydroxylation is 1. The van der Waals surface area contributed by atoms with Gasteiger partial charge in [0.25, 0.3) is 0 Å². The van der Waals surface area contributed by atoms with Crippen molar-refractivity contribution in [2.45, 2.75) is 6.42 Å². The third-order valence-corrected chi connectivity index (χ3v) is 3.36. The molecule has 1 heterocycles. The summed E-state index contributed by atoms with van der Waals surface area (Å²) in [5.74, 6) is 0.452. The number of rotatable bonds is 5. The van der Waals surface area contributed by atoms with E-state index >= 15 is 0 Å². The number of halogens is 1. The molecule has 1 aromatic heterocycles. The van der Waals surface area contributed by atoms with Crippen molar-refractivity contribution < 1.29 is 0 Å². The van der Waals surface area contributed by atoms with E-state index in [1.807, 2.05) is 19.2 Å². The molecule has 0 atom stereocenters. The zero-order valence-corrected chi connectivity index (χ0v) is 12.3. The van der Waals surface area contributed by atoms with E-state index in [0.29, 0.717) is 19.0 Å². The first-order valence-electron chi connectivity index (χ1n) is 6.50. The van der Waals surface area contributed by atoms with Crippen molar-refractivity contribution in [3.63, 3.8) is 0 Å². The number of guanidine groups is 1. The highest BCUT2D eigenvalue weighted by Gasteiger charge is 2.06. The van der Waals surface area contributed by atoms with Gasteiger partial charge in [-0.25, -0.2) is 0 Å². The number of aromatic nitrogens is 1. The van der Waals surface area contributed by atoms with Crippen LogP contribution in [0.3, 0.4) is 0 Å². The van der Waals surface area contributed by atoms with Crippen LogP contribution in [0, 0.1) is 0 Å². The number of hydrogen-bond donors (Lipinski definition) is 2. The van der Waals surface area contributed by atoms with E-state index in [4.69, 9.17) is 17.3 Å². The molecular weight excluding hydrogens is 272 g/mol. The Hall–Kier alpha value is -1.94. The van der Waals surface area contributed by atoms with Crippen LogP contribution in [0.15, 0.2) is 42.0 Å². The van der Waals surface area contributed by atoms with Crippen LogP contribution in [0.5, 0.6) is 0 Å². The SMILES string of the molecule is C=CCNC(N)=NCCc1cn(C)c2cc(Cl)ccc12. The molecule has 0 fully saturated rings. The van der Waals surface area contributed by atoms with Crippen molar-refractivity contribution in [3.05, 3.63) is 47.6 Å². The van der Waals surface area contributed by atoms with E-state index in [1.165, 1.54) is 10.9 Å². The van der Waals surface area contributed by atoms with Gasteiger partial charge in [0.15, 0.2) is 5.96 Å². The van der Waals surface area contributed by atoms with E-state index in [0.717, 1.165) is 17.0 Å². The summed E-state index contributed by atoms with van der Waals surface area (Å²) in [6, 6.07) is 5.94. The third kappa shape index (κ3) is 3.33. The average molecular weight is 291 g/mol. The van der Waals surface area contributed by atoms with Gasteiger partial charge >= 0.3 is 0 Å². The first kappa shape index (κ1) is 14.5. The Morgan fingerprint density at radius 3 is 3.10 bits per heavy atom. The topological polar surface area (TPSA) is 55.3 Å². The molecule has 0 aliphatic heterocycles. The number of benzene rings is 1. The molecule has 106 valence electrons. The van der Waals surface area contributed by atoms with Gasteiger partial charge in [-0.15, -0.1) is 6.58 Å². The second kappa shape index (κ2) is 6.48. The van der Waals surface area contributed by atoms with E-state index in [-0.39, 0.29) is 0 Å². The summed E-state index contributed by atoms with van der Waals surface area (Å²) < 4.78 is 2.08. The number of aliphatic imine (C=N–C) groups is 1. The second-order valence-corrected chi connectivity index (χ2v) is 5.05. The Morgan fingerprint density at radius 1 is 1.55 bits per heavy atom. The average Bonchev–Trinajstić information content (AvgIpc) is 2.73. The minimum absolute atomic E-state index is 0.452. The van der Waals surface area contributed by atoms with Crippen LogP contribution in [0.4, 0.5) is 0 Å². The van der Waals surface area contributed by atoms with Crippen molar-refractivity contribution in [2.24, 2.45) is 17.8 Å². The third-order valence-electron chi connectivity index (χ3n) is 3.13. The molecule has 5 heteroatoms. The predicted molar refractivity (Wildman–Crippen MR) is 86.3 cm³/mol. The summed E-state index contributed by atoms with van der Waals surface area (Å²) in [5, 5.41) is 4.92. The zero-order valence-electron chi connectivity index (χ0n) is 11.6. The maximum atomic E-state index is 6.03. The normalized spacial score (nSPS) is 11.8. The van der Waals surface area contributed by atoms with Gasteiger partial charge in [0.1, 0.15) is 0 Å². The van der Waals surface area contributed by atoms with Crippen LogP contribution in [0.25, 0.3) is 10.9 Å². The van der Waals surface area contributed by atoms with Gasteiger partial charge in [-0.3, -0.25) is 4.99 Å². The quantitative estimate of drug-likeness (QED) is 0.505. The lowest BCUT2D eigenvalue weighted by molar-refractivity contribution is 0.913. The Labute approximate surface area is 123 Å². The van der Waals surface area contributed by atoms with Crippen LogP contribution >= 0.6 is 11.6 Å². The first-order valence-corrected chi connectivity index (χ1v) is 6.87. The summed E-state index contributed by atoms with van der Waals surface area (Å²) in [7, 11) is 2.02. The van der Waals surface area contributed by atoms with Crippen molar-refractivity contribution in [3.8, 4) is 0 Å². The van der Waals surface area contributed by atoms with Crippen molar-refractivity contribution in [2.75, 3.05) is 13.1 Å². The lowest BCUT2D eigenvalue weighted by atomic mass is 10.1. The Bertz CT molecular complexity index is 643. The smallest absolute Gasteiger partial charge is 0.188 e. The largest absolute Gasteiger partial charge is 0.370 e. The Kier molecular flexibility index (Phi) is 4.69. The highest BCUT2D eigenvalue weighted by Crippen LogP contribution is 2.24. The van der Waals surface area contributed by atoms with Crippen molar-refractivity contribution in [1.29, 1.82) is 0 Å². The molecule has 0 bridgehead atoms. The molecule has 0 amide bonds. The molecule has 1 aromatic carbocycles. The molecule has 0 unspecified atom stereocenters. The van der Waals surface area contributed by atoms with Gasteiger partial charge in [0, 0.05) is 42.3 Å². The molecule has 0 aliphatic rings. The molecule has 0 saturated carbocycles. The van der Waals surface area contributed by atoms with Gasteiger partial charge in [-0.2, -0.15) is 0 Å². The minimum atomic E-state index is 0.452. The lowest BCUT2D eigenvalue weighted by Crippen LogP contribution is -2.31. The van der Waals surface area contributed by atoms with Crippen LogP contribution in [-0.2, 0) is 13.5 Å². The molecule has 3 N–H and O–H groups in total. The fourth-order valence-corrected chi connectivity index (χ4v) is 2.34. The molecule has 4 nitrogen and oxygen atoms in total. The molecule has 2 aromatic rings. The standard InChI is InChI=1S/C15H19ClN4/c1-3-7-18-15(17)19-8-6-11-10-20(2)14-9-12(16)4-5-13(11)14/h3-5,9-10H,1,6-8H2,2H3,(H3,17,18,19). The fraction of sp³-hybridized carbons (Fsp3) is 0.267. The number of nitrogens with two attached hydrogens (primary N) is 1. The second-order valence-electron chi connectivity index (χ2n) is 4.61. The summed E-state index contributed by atoms with van der Waals surface area (Å²) >= 11 is 6.03. The molecule has 0 aliphatic carbocycles. The van der Waals surface area contributed by atoms with Gasteiger partial charge in [0.05, 0.1) is 0 Å². The fourth-order valence-electron chi connectivity index (χ4n) is 2.17. The van der Waals surface area contributed by atoms with Crippen LogP contribution in [0.2, 0.25) is 5.02 Å². The number of hydrogen-bond acceptors (Lipinski definition) is 1. The maximum absolute atomic E-state index is 6.03. The Morgan fingerprint density at radius 2 is 2.35 bits per heavy atom. The van der Waals surface area contributed by atoms with Crippen LogP contribution in [0.1, 0.15) is 5.56 Å². The highest BCUT2D eigenvalue weighted by molar-refractivity contribution is 6.31. The van der Waals surface area contributed by atoms with E-state index in [1.54, 1.807) is 6.08 Å². The van der Waals surface area contributed by atoms with Crippen molar-refractivity contribution >= 4 is 28.5 Å². The van der Waals surface area contributed by atoms with Crippen LogP contribution < -0.4 is 11.1 Å². The van der Waals surface area contributed by atoms with Gasteiger partial charge in [-0.1, -0.05) is 23.7 Å². The van der Waals surface area contributed by atoms with Gasteiger partial charge in [-0.05, 0) is 24.1 Å². The number of fused-ring (bicyclic) bond motifs is 1. The summed E-state index contributed by atoms with van der Waals surface area (Å²) in [4.78, 5) is 4.29. The molecular formula is C15H19ClN4. The zero-order chi connectivity index (χ0) is 14.5. The minimum Gasteiger partial charge on any atom is -0.370 e. The Balaban J connectivity index is 2.09. The first-order chi connectivity index (χ1) is 9.61. The molecule has 0 saturated heterocycles. The predicted octanol–water partition coefficient (Wildman–Crippen LogP) is 2.46. The van der Waals surface area contributed by atoms with Crippen LogP contribution in [-0.4, -0.2) is 23.6 Å². The van der Waals surface area contributed by atoms with E-state index < -0.39 is 0 Å². The number of nitrogens with one attached hydrogen (secondary N) is 1. The molecule has 2 rings (SSSR count). The molecule has 0 spiro atoms. The van der Waals surface area contributed by atoms with E-state index in [2.05, 4.69) is 33.7 Å². The molecule has 0 radical (unpaired) electrons. The van der Waals surface area contributed by atoms with Gasteiger partial charge in [0.2, 0.25) is 0 Å². The van der Waals surface area contributed by atoms with Gasteiger partial charge < -0.3 is 15.6 Å².